The molecule has 1 saturated heterocycles. The van der Waals surface area contributed by atoms with Crippen LogP contribution < -0.4 is 0 Å². The van der Waals surface area contributed by atoms with E-state index in [1.807, 2.05) is 13.8 Å². The molecule has 0 bridgehead atoms. The maximum atomic E-state index is 9.66. The minimum atomic E-state index is -0.527. The van der Waals surface area contributed by atoms with Crippen LogP contribution in [-0.2, 0) is 9.47 Å². The lowest BCUT2D eigenvalue weighted by molar-refractivity contribution is -0.0664. The lowest BCUT2D eigenvalue weighted by atomic mass is 9.93. The monoisotopic (exact) mass is 228 g/mol. The molecular weight excluding hydrogens is 204 g/mol. The molecule has 1 aliphatic heterocycles. The van der Waals surface area contributed by atoms with Gasteiger partial charge in [-0.15, -0.1) is 0 Å². The van der Waals surface area contributed by atoms with Crippen molar-refractivity contribution in [2.75, 3.05) is 13.2 Å². The third-order valence-electron chi connectivity index (χ3n) is 3.93. The van der Waals surface area contributed by atoms with Crippen molar-refractivity contribution in [3.8, 4) is 0 Å². The van der Waals surface area contributed by atoms with Gasteiger partial charge in [-0.2, -0.15) is 0 Å². The highest BCUT2D eigenvalue weighted by Crippen LogP contribution is 2.58. The molecule has 2 unspecified atom stereocenters. The summed E-state index contributed by atoms with van der Waals surface area (Å²) in [5, 5.41) is 9.66. The summed E-state index contributed by atoms with van der Waals surface area (Å²) in [5.41, 5.74) is -0.138. The van der Waals surface area contributed by atoms with Crippen molar-refractivity contribution in [3.05, 3.63) is 0 Å². The summed E-state index contributed by atoms with van der Waals surface area (Å²) in [7, 11) is 0. The molecular formula is C13H24O3. The van der Waals surface area contributed by atoms with E-state index in [2.05, 4.69) is 6.92 Å². The first kappa shape index (κ1) is 12.3. The van der Waals surface area contributed by atoms with Crippen LogP contribution >= 0.6 is 0 Å². The van der Waals surface area contributed by atoms with Gasteiger partial charge in [0.2, 0.25) is 0 Å². The van der Waals surface area contributed by atoms with E-state index in [-0.39, 0.29) is 6.29 Å². The molecule has 1 saturated carbocycles. The topological polar surface area (TPSA) is 38.7 Å². The van der Waals surface area contributed by atoms with Crippen molar-refractivity contribution < 1.29 is 14.6 Å². The summed E-state index contributed by atoms with van der Waals surface area (Å²) in [6.45, 7) is 7.57. The molecule has 0 aromatic carbocycles. The Bertz CT molecular complexity index is 240. The summed E-state index contributed by atoms with van der Waals surface area (Å²) < 4.78 is 11.1. The predicted octanol–water partition coefficient (Wildman–Crippen LogP) is 2.33. The fraction of sp³-hybridized carbons (Fsp3) is 1.00. The third kappa shape index (κ3) is 2.96. The second kappa shape index (κ2) is 4.28. The van der Waals surface area contributed by atoms with Gasteiger partial charge < -0.3 is 14.6 Å². The molecule has 0 amide bonds. The van der Waals surface area contributed by atoms with Crippen LogP contribution in [0.4, 0.5) is 0 Å². The van der Waals surface area contributed by atoms with Gasteiger partial charge in [-0.25, -0.2) is 0 Å². The highest BCUT2D eigenvalue weighted by atomic mass is 16.7. The van der Waals surface area contributed by atoms with Crippen molar-refractivity contribution in [1.29, 1.82) is 0 Å². The summed E-state index contributed by atoms with van der Waals surface area (Å²) in [5.74, 6) is 0.580. The molecule has 2 rings (SSSR count). The Morgan fingerprint density at radius 3 is 2.50 bits per heavy atom. The number of hydrogen-bond donors (Lipinski definition) is 1. The summed E-state index contributed by atoms with van der Waals surface area (Å²) in [4.78, 5) is 0. The fourth-order valence-electron chi connectivity index (χ4n) is 2.69. The molecule has 2 fully saturated rings. The van der Waals surface area contributed by atoms with E-state index in [1.165, 1.54) is 12.8 Å². The second-order valence-electron chi connectivity index (χ2n) is 6.24. The maximum Gasteiger partial charge on any atom is 0.161 e. The Kier molecular flexibility index (Phi) is 3.30. The van der Waals surface area contributed by atoms with Gasteiger partial charge in [0.15, 0.2) is 6.29 Å². The highest BCUT2D eigenvalue weighted by molar-refractivity contribution is 5.01. The van der Waals surface area contributed by atoms with Crippen molar-refractivity contribution in [1.82, 2.24) is 0 Å². The van der Waals surface area contributed by atoms with Gasteiger partial charge in [-0.05, 0) is 38.5 Å². The smallest absolute Gasteiger partial charge is 0.161 e. The standard InChI is InChI=1S/C13H24O3/c1-12(2,14)5-4-6-13(3)9-10(13)11-15-7-8-16-11/h10-11,14H,4-9H2,1-3H3. The summed E-state index contributed by atoms with van der Waals surface area (Å²) in [6, 6.07) is 0. The van der Waals surface area contributed by atoms with Crippen molar-refractivity contribution in [2.45, 2.75) is 58.3 Å². The van der Waals surface area contributed by atoms with Gasteiger partial charge >= 0.3 is 0 Å². The lowest BCUT2D eigenvalue weighted by Crippen LogP contribution is -2.19. The van der Waals surface area contributed by atoms with E-state index in [0.29, 0.717) is 11.3 Å². The maximum absolute atomic E-state index is 9.66. The van der Waals surface area contributed by atoms with Gasteiger partial charge in [-0.3, -0.25) is 0 Å². The zero-order valence-electron chi connectivity index (χ0n) is 10.7. The molecule has 2 aliphatic rings. The van der Waals surface area contributed by atoms with Gasteiger partial charge in [0, 0.05) is 5.92 Å². The summed E-state index contributed by atoms with van der Waals surface area (Å²) in [6.07, 6.45) is 4.39. The van der Waals surface area contributed by atoms with Gasteiger partial charge in [0.25, 0.3) is 0 Å². The van der Waals surface area contributed by atoms with E-state index < -0.39 is 5.60 Å². The molecule has 2 atom stereocenters. The Morgan fingerprint density at radius 1 is 1.31 bits per heavy atom. The van der Waals surface area contributed by atoms with E-state index in [1.54, 1.807) is 0 Å². The van der Waals surface area contributed by atoms with Crippen molar-refractivity contribution in [3.63, 3.8) is 0 Å². The number of ether oxygens (including phenoxy) is 2. The van der Waals surface area contributed by atoms with Crippen LogP contribution in [0.3, 0.4) is 0 Å². The van der Waals surface area contributed by atoms with Gasteiger partial charge in [-0.1, -0.05) is 13.3 Å². The molecule has 0 aromatic rings. The van der Waals surface area contributed by atoms with Crippen LogP contribution in [-0.4, -0.2) is 30.2 Å². The Labute approximate surface area is 98.1 Å². The molecule has 1 N–H and O–H groups in total. The van der Waals surface area contributed by atoms with Crippen LogP contribution in [0.25, 0.3) is 0 Å². The minimum absolute atomic E-state index is 0.0483. The molecule has 1 aliphatic carbocycles. The van der Waals surface area contributed by atoms with Crippen LogP contribution in [0, 0.1) is 11.3 Å². The number of hydrogen-bond acceptors (Lipinski definition) is 3. The van der Waals surface area contributed by atoms with Gasteiger partial charge in [0.05, 0.1) is 18.8 Å². The first-order valence-electron chi connectivity index (χ1n) is 6.36. The first-order chi connectivity index (χ1) is 7.41. The zero-order chi connectivity index (χ0) is 11.8. The van der Waals surface area contributed by atoms with E-state index >= 15 is 0 Å². The normalized spacial score (nSPS) is 35.6. The van der Waals surface area contributed by atoms with E-state index in [9.17, 15) is 5.11 Å². The van der Waals surface area contributed by atoms with Crippen molar-refractivity contribution >= 4 is 0 Å². The zero-order valence-corrected chi connectivity index (χ0v) is 10.7. The van der Waals surface area contributed by atoms with Crippen LogP contribution in [0.5, 0.6) is 0 Å². The van der Waals surface area contributed by atoms with E-state index in [0.717, 1.165) is 26.1 Å². The lowest BCUT2D eigenvalue weighted by Gasteiger charge is -2.19. The number of aliphatic hydroxyl groups is 1. The highest BCUT2D eigenvalue weighted by Gasteiger charge is 2.55. The minimum Gasteiger partial charge on any atom is -0.390 e. The Balaban J connectivity index is 1.70. The number of rotatable bonds is 5. The van der Waals surface area contributed by atoms with Crippen molar-refractivity contribution in [2.24, 2.45) is 11.3 Å². The average molecular weight is 228 g/mol. The molecule has 1 heterocycles. The molecule has 3 heteroatoms. The van der Waals surface area contributed by atoms with Crippen LogP contribution in [0.1, 0.15) is 46.5 Å². The third-order valence-corrected chi connectivity index (χ3v) is 3.93. The molecule has 94 valence electrons. The van der Waals surface area contributed by atoms with Crippen LogP contribution in [0.15, 0.2) is 0 Å². The van der Waals surface area contributed by atoms with Gasteiger partial charge in [0.1, 0.15) is 0 Å². The van der Waals surface area contributed by atoms with E-state index in [4.69, 9.17) is 9.47 Å². The Hall–Kier alpha value is -0.120. The fourth-order valence-corrected chi connectivity index (χ4v) is 2.69. The molecule has 3 nitrogen and oxygen atoms in total. The Morgan fingerprint density at radius 2 is 1.94 bits per heavy atom. The predicted molar refractivity (Wildman–Crippen MR) is 62.1 cm³/mol. The second-order valence-corrected chi connectivity index (χ2v) is 6.24. The SMILES string of the molecule is CC(C)(O)CCCC1(C)CC1C1OCCO1. The summed E-state index contributed by atoms with van der Waals surface area (Å²) >= 11 is 0. The quantitative estimate of drug-likeness (QED) is 0.785. The molecule has 16 heavy (non-hydrogen) atoms. The average Bonchev–Trinajstić information content (AvgIpc) is 2.64. The molecule has 0 radical (unpaired) electrons. The van der Waals surface area contributed by atoms with Crippen LogP contribution in [0.2, 0.25) is 0 Å². The largest absolute Gasteiger partial charge is 0.390 e. The first-order valence-corrected chi connectivity index (χ1v) is 6.36. The molecule has 0 aromatic heterocycles. The molecule has 0 spiro atoms.